The minimum Gasteiger partial charge on any atom is -0.444 e. The summed E-state index contributed by atoms with van der Waals surface area (Å²) in [5, 5.41) is 3.41. The van der Waals surface area contributed by atoms with E-state index in [1.807, 2.05) is 31.7 Å². The molecule has 4 nitrogen and oxygen atoms in total. The predicted molar refractivity (Wildman–Crippen MR) is 66.9 cm³/mol. The molecule has 0 aliphatic carbocycles. The van der Waals surface area contributed by atoms with E-state index in [0.717, 1.165) is 19.4 Å². The van der Waals surface area contributed by atoms with Crippen molar-refractivity contribution in [2.24, 2.45) is 0 Å². The van der Waals surface area contributed by atoms with Crippen molar-refractivity contribution in [3.8, 4) is 0 Å². The van der Waals surface area contributed by atoms with Crippen LogP contribution in [0.2, 0.25) is 0 Å². The van der Waals surface area contributed by atoms with Gasteiger partial charge in [-0.3, -0.25) is 4.90 Å². The lowest BCUT2D eigenvalue weighted by atomic mass is 10.1. The van der Waals surface area contributed by atoms with Crippen LogP contribution in [0.25, 0.3) is 0 Å². The fourth-order valence-corrected chi connectivity index (χ4v) is 2.71. The smallest absolute Gasteiger partial charge is 0.410 e. The molecule has 3 atom stereocenters. The van der Waals surface area contributed by atoms with E-state index < -0.39 is 5.60 Å². The Labute approximate surface area is 103 Å². The second-order valence-electron chi connectivity index (χ2n) is 5.86. The fourth-order valence-electron chi connectivity index (χ4n) is 2.71. The Morgan fingerprint density at radius 2 is 2.18 bits per heavy atom. The summed E-state index contributed by atoms with van der Waals surface area (Å²) >= 11 is 0. The Bertz CT molecular complexity index is 322. The predicted octanol–water partition coefficient (Wildman–Crippen LogP) is 1.91. The molecule has 2 rings (SSSR count). The maximum atomic E-state index is 12.2. The van der Waals surface area contributed by atoms with Crippen LogP contribution in [0.5, 0.6) is 0 Å². The third-order valence-electron chi connectivity index (χ3n) is 3.41. The minimum atomic E-state index is -0.426. The van der Waals surface area contributed by atoms with Gasteiger partial charge in [-0.25, -0.2) is 4.79 Å². The normalized spacial score (nSPS) is 32.4. The Hall–Kier alpha value is -1.03. The molecule has 2 aliphatic heterocycles. The molecule has 1 amide bonds. The van der Waals surface area contributed by atoms with E-state index in [0.29, 0.717) is 0 Å². The zero-order valence-corrected chi connectivity index (χ0v) is 10.9. The van der Waals surface area contributed by atoms with E-state index in [4.69, 9.17) is 4.74 Å². The summed E-state index contributed by atoms with van der Waals surface area (Å²) < 4.78 is 5.48. The fraction of sp³-hybridized carbons (Fsp3) is 0.769. The van der Waals surface area contributed by atoms with Crippen LogP contribution >= 0.6 is 0 Å². The molecule has 1 N–H and O–H groups in total. The van der Waals surface area contributed by atoms with Gasteiger partial charge in [-0.15, -0.1) is 6.58 Å². The first kappa shape index (κ1) is 12.4. The molecule has 0 spiro atoms. The van der Waals surface area contributed by atoms with Gasteiger partial charge in [0.15, 0.2) is 0 Å². The average Bonchev–Trinajstić information content (AvgIpc) is 2.52. The van der Waals surface area contributed by atoms with Crippen molar-refractivity contribution in [2.45, 2.75) is 57.3 Å². The van der Waals surface area contributed by atoms with Crippen LogP contribution in [0.1, 0.15) is 33.6 Å². The van der Waals surface area contributed by atoms with Crippen molar-refractivity contribution in [1.29, 1.82) is 0 Å². The van der Waals surface area contributed by atoms with Gasteiger partial charge < -0.3 is 10.1 Å². The van der Waals surface area contributed by atoms with Gasteiger partial charge in [0, 0.05) is 18.6 Å². The molecule has 2 fully saturated rings. The van der Waals surface area contributed by atoms with Crippen molar-refractivity contribution in [3.63, 3.8) is 0 Å². The average molecular weight is 238 g/mol. The summed E-state index contributed by atoms with van der Waals surface area (Å²) in [7, 11) is 0. The van der Waals surface area contributed by atoms with Crippen molar-refractivity contribution < 1.29 is 9.53 Å². The third-order valence-corrected chi connectivity index (χ3v) is 3.41. The number of nitrogens with one attached hydrogen (secondary N) is 1. The second kappa shape index (κ2) is 4.33. The molecule has 0 saturated carbocycles. The highest BCUT2D eigenvalue weighted by atomic mass is 16.6. The SMILES string of the molecule is C=C[C@@H]1NC[C@@H]2CC[C@H]1N2C(=O)OC(C)(C)C. The van der Waals surface area contributed by atoms with Gasteiger partial charge in [-0.05, 0) is 33.6 Å². The van der Waals surface area contributed by atoms with Gasteiger partial charge >= 0.3 is 6.09 Å². The molecule has 96 valence electrons. The number of amides is 1. The highest BCUT2D eigenvalue weighted by molar-refractivity contribution is 5.70. The lowest BCUT2D eigenvalue weighted by Crippen LogP contribution is -2.59. The van der Waals surface area contributed by atoms with Gasteiger partial charge in [-0.2, -0.15) is 0 Å². The van der Waals surface area contributed by atoms with Gasteiger partial charge in [0.25, 0.3) is 0 Å². The first-order chi connectivity index (χ1) is 7.92. The quantitative estimate of drug-likeness (QED) is 0.710. The molecule has 0 unspecified atom stereocenters. The first-order valence-corrected chi connectivity index (χ1v) is 6.29. The van der Waals surface area contributed by atoms with Gasteiger partial charge in [0.05, 0.1) is 6.04 Å². The van der Waals surface area contributed by atoms with E-state index in [2.05, 4.69) is 11.9 Å². The standard InChI is InChI=1S/C13H22N2O2/c1-5-10-11-7-6-9(8-14-10)15(11)12(16)17-13(2,3)4/h5,9-11,14H,1,6-8H2,2-4H3/t9-,10-,11+/m0/s1. The number of carbonyl (C=O) groups excluding carboxylic acids is 1. The maximum Gasteiger partial charge on any atom is 0.410 e. The van der Waals surface area contributed by atoms with Gasteiger partial charge in [0.1, 0.15) is 5.60 Å². The molecule has 2 saturated heterocycles. The number of carbonyl (C=O) groups is 1. The molecular weight excluding hydrogens is 216 g/mol. The zero-order valence-electron chi connectivity index (χ0n) is 10.9. The van der Waals surface area contributed by atoms with Crippen molar-refractivity contribution in [3.05, 3.63) is 12.7 Å². The Kier molecular flexibility index (Phi) is 3.17. The van der Waals surface area contributed by atoms with Gasteiger partial charge in [0.2, 0.25) is 0 Å². The lowest BCUT2D eigenvalue weighted by molar-refractivity contribution is 0.00680. The largest absolute Gasteiger partial charge is 0.444 e. The number of nitrogens with zero attached hydrogens (tertiary/aromatic N) is 1. The van der Waals surface area contributed by atoms with Crippen LogP contribution < -0.4 is 5.32 Å². The monoisotopic (exact) mass is 238 g/mol. The number of piperazine rings is 1. The number of ether oxygens (including phenoxy) is 1. The van der Waals surface area contributed by atoms with E-state index in [9.17, 15) is 4.79 Å². The minimum absolute atomic E-state index is 0.182. The molecule has 4 heteroatoms. The molecule has 0 aromatic heterocycles. The van der Waals surface area contributed by atoms with Crippen LogP contribution in [0.15, 0.2) is 12.7 Å². The lowest BCUT2D eigenvalue weighted by Gasteiger charge is -2.40. The Morgan fingerprint density at radius 1 is 1.47 bits per heavy atom. The van der Waals surface area contributed by atoms with Crippen LogP contribution in [0.4, 0.5) is 4.79 Å². The Balaban J connectivity index is 2.10. The second-order valence-corrected chi connectivity index (χ2v) is 5.86. The van der Waals surface area contributed by atoms with E-state index >= 15 is 0 Å². The summed E-state index contributed by atoms with van der Waals surface area (Å²) in [5.74, 6) is 0. The van der Waals surface area contributed by atoms with E-state index in [1.165, 1.54) is 0 Å². The third kappa shape index (κ3) is 2.46. The summed E-state index contributed by atoms with van der Waals surface area (Å²) in [6.45, 7) is 10.4. The van der Waals surface area contributed by atoms with Gasteiger partial charge in [-0.1, -0.05) is 6.08 Å². The number of hydrogen-bond donors (Lipinski definition) is 1. The topological polar surface area (TPSA) is 41.6 Å². The molecule has 0 radical (unpaired) electrons. The van der Waals surface area contributed by atoms with Crippen molar-refractivity contribution >= 4 is 6.09 Å². The zero-order chi connectivity index (χ0) is 12.6. The summed E-state index contributed by atoms with van der Waals surface area (Å²) in [6.07, 6.45) is 3.80. The molecule has 0 aromatic carbocycles. The van der Waals surface area contributed by atoms with Crippen LogP contribution in [0, 0.1) is 0 Å². The Morgan fingerprint density at radius 3 is 2.76 bits per heavy atom. The molecular formula is C13H22N2O2. The molecule has 0 aromatic rings. The molecule has 2 aliphatic rings. The summed E-state index contributed by atoms with van der Waals surface area (Å²) in [4.78, 5) is 14.1. The van der Waals surface area contributed by atoms with Crippen LogP contribution in [-0.4, -0.2) is 41.3 Å². The summed E-state index contributed by atoms with van der Waals surface area (Å²) in [5.41, 5.74) is -0.426. The molecule has 17 heavy (non-hydrogen) atoms. The highest BCUT2D eigenvalue weighted by Gasteiger charge is 2.45. The van der Waals surface area contributed by atoms with Crippen molar-refractivity contribution in [1.82, 2.24) is 10.2 Å². The number of fused-ring (bicyclic) bond motifs is 2. The van der Waals surface area contributed by atoms with E-state index in [-0.39, 0.29) is 24.2 Å². The van der Waals surface area contributed by atoms with Crippen molar-refractivity contribution in [2.75, 3.05) is 6.54 Å². The number of hydrogen-bond acceptors (Lipinski definition) is 3. The first-order valence-electron chi connectivity index (χ1n) is 6.29. The summed E-state index contributed by atoms with van der Waals surface area (Å²) in [6, 6.07) is 0.688. The van der Waals surface area contributed by atoms with Crippen LogP contribution in [0.3, 0.4) is 0 Å². The van der Waals surface area contributed by atoms with E-state index in [1.54, 1.807) is 0 Å². The molecule has 2 heterocycles. The van der Waals surface area contributed by atoms with Crippen LogP contribution in [-0.2, 0) is 4.74 Å². The number of rotatable bonds is 1. The molecule has 2 bridgehead atoms. The highest BCUT2D eigenvalue weighted by Crippen LogP contribution is 2.31. The maximum absolute atomic E-state index is 12.2.